The Labute approximate surface area is 149 Å². The number of benzene rings is 2. The maximum Gasteiger partial charge on any atom is 0.295 e. The Morgan fingerprint density at radius 1 is 0.958 bits per heavy atom. The van der Waals surface area contributed by atoms with E-state index >= 15 is 0 Å². The van der Waals surface area contributed by atoms with Crippen LogP contribution in [0, 0.1) is 20.2 Å². The molecule has 1 N–H and O–H groups in total. The van der Waals surface area contributed by atoms with Crippen molar-refractivity contribution in [2.45, 2.75) is 0 Å². The Balaban J connectivity index is 2.47. The molecule has 0 radical (unpaired) electrons. The highest BCUT2D eigenvalue weighted by Gasteiger charge is 2.27. The van der Waals surface area contributed by atoms with Crippen molar-refractivity contribution in [3.63, 3.8) is 0 Å². The van der Waals surface area contributed by atoms with Gasteiger partial charge in [-0.15, -0.1) is 0 Å². The van der Waals surface area contributed by atoms with Crippen molar-refractivity contribution in [3.05, 3.63) is 71.2 Å². The van der Waals surface area contributed by atoms with Gasteiger partial charge in [-0.2, -0.15) is 0 Å². The summed E-state index contributed by atoms with van der Waals surface area (Å²) in [4.78, 5) is 32.3. The van der Waals surface area contributed by atoms with Crippen molar-refractivity contribution in [3.8, 4) is 0 Å². The van der Waals surface area contributed by atoms with Gasteiger partial charge in [0.1, 0.15) is 0 Å². The maximum atomic E-state index is 12.2. The lowest BCUT2D eigenvalue weighted by molar-refractivity contribution is -0.393. The van der Waals surface area contributed by atoms with Crippen LogP contribution in [0.1, 0.15) is 10.4 Å². The summed E-state index contributed by atoms with van der Waals surface area (Å²) in [6.07, 6.45) is 0. The third-order valence-electron chi connectivity index (χ3n) is 2.87. The molecule has 124 valence electrons. The van der Waals surface area contributed by atoms with Gasteiger partial charge in [0.05, 0.1) is 26.1 Å². The van der Waals surface area contributed by atoms with E-state index < -0.39 is 32.2 Å². The minimum absolute atomic E-state index is 0.148. The quantitative estimate of drug-likeness (QED) is 0.599. The molecular weight excluding hydrogens is 385 g/mol. The smallest absolute Gasteiger partial charge is 0.295 e. The largest absolute Gasteiger partial charge is 0.321 e. The van der Waals surface area contributed by atoms with Crippen molar-refractivity contribution in [2.24, 2.45) is 0 Å². The first-order valence-corrected chi connectivity index (χ1v) is 7.23. The fourth-order valence-electron chi connectivity index (χ4n) is 1.78. The fourth-order valence-corrected chi connectivity index (χ4v) is 2.36. The van der Waals surface area contributed by atoms with Gasteiger partial charge in [-0.25, -0.2) is 0 Å². The molecule has 0 aliphatic heterocycles. The van der Waals surface area contributed by atoms with E-state index in [1.165, 1.54) is 18.2 Å². The molecule has 2 aromatic rings. The van der Waals surface area contributed by atoms with Crippen molar-refractivity contribution in [1.82, 2.24) is 0 Å². The lowest BCUT2D eigenvalue weighted by atomic mass is 10.1. The number of carbonyl (C=O) groups excluding carboxylic acids is 1. The molecule has 11 heteroatoms. The van der Waals surface area contributed by atoms with Crippen LogP contribution in [0.4, 0.5) is 17.1 Å². The van der Waals surface area contributed by atoms with Crippen LogP contribution < -0.4 is 5.32 Å². The Kier molecular flexibility index (Phi) is 5.23. The van der Waals surface area contributed by atoms with Gasteiger partial charge in [-0.3, -0.25) is 25.0 Å². The zero-order chi connectivity index (χ0) is 18.0. The number of anilines is 1. The monoisotopic (exact) mass is 389 g/mol. The molecule has 0 saturated carbocycles. The van der Waals surface area contributed by atoms with E-state index in [0.717, 1.165) is 12.1 Å². The summed E-state index contributed by atoms with van der Waals surface area (Å²) in [5.41, 5.74) is -1.69. The predicted molar refractivity (Wildman–Crippen MR) is 89.2 cm³/mol. The number of nitrogens with zero attached hydrogens (tertiary/aromatic N) is 2. The molecule has 1 amide bonds. The zero-order valence-electron chi connectivity index (χ0n) is 11.5. The number of hydrogen-bond acceptors (Lipinski definition) is 5. The first-order valence-electron chi connectivity index (χ1n) is 6.09. The first kappa shape index (κ1) is 17.9. The molecule has 8 nitrogen and oxygen atoms in total. The Bertz CT molecular complexity index is 837. The van der Waals surface area contributed by atoms with E-state index in [0.29, 0.717) is 5.02 Å². The Morgan fingerprint density at radius 2 is 1.50 bits per heavy atom. The predicted octanol–water partition coefficient (Wildman–Crippen LogP) is 4.72. The van der Waals surface area contributed by atoms with Gasteiger partial charge in [-0.05, 0) is 18.2 Å². The summed E-state index contributed by atoms with van der Waals surface area (Å²) in [6, 6.07) is 5.97. The molecule has 0 aromatic heterocycles. The molecule has 0 bridgehead atoms. The molecule has 0 spiro atoms. The number of hydrogen-bond donors (Lipinski definition) is 1. The van der Waals surface area contributed by atoms with Crippen LogP contribution >= 0.6 is 34.8 Å². The summed E-state index contributed by atoms with van der Waals surface area (Å²) >= 11 is 17.3. The number of nitrogens with one attached hydrogen (secondary N) is 1. The average molecular weight is 391 g/mol. The second-order valence-corrected chi connectivity index (χ2v) is 5.64. The summed E-state index contributed by atoms with van der Waals surface area (Å²) in [6.45, 7) is 0. The van der Waals surface area contributed by atoms with Gasteiger partial charge in [0.2, 0.25) is 0 Å². The highest BCUT2D eigenvalue weighted by molar-refractivity contribution is 6.36. The van der Waals surface area contributed by atoms with Crippen LogP contribution in [-0.4, -0.2) is 15.8 Å². The van der Waals surface area contributed by atoms with Crippen LogP contribution in [0.3, 0.4) is 0 Å². The third kappa shape index (κ3) is 3.73. The number of nitro groups is 2. The zero-order valence-corrected chi connectivity index (χ0v) is 13.7. The topological polar surface area (TPSA) is 115 Å². The normalized spacial score (nSPS) is 10.3. The first-order chi connectivity index (χ1) is 11.2. The molecule has 0 aliphatic rings. The van der Waals surface area contributed by atoms with E-state index in [1.54, 1.807) is 0 Å². The van der Waals surface area contributed by atoms with Crippen LogP contribution in [0.2, 0.25) is 15.1 Å². The Hall–Kier alpha value is -2.42. The van der Waals surface area contributed by atoms with E-state index in [2.05, 4.69) is 5.32 Å². The molecule has 0 atom stereocenters. The lowest BCUT2D eigenvalue weighted by Crippen LogP contribution is -2.13. The van der Waals surface area contributed by atoms with Gasteiger partial charge in [0.25, 0.3) is 17.3 Å². The minimum Gasteiger partial charge on any atom is -0.321 e. The van der Waals surface area contributed by atoms with Gasteiger partial charge in [-0.1, -0.05) is 34.8 Å². The van der Waals surface area contributed by atoms with Crippen LogP contribution in [0.25, 0.3) is 0 Å². The van der Waals surface area contributed by atoms with Crippen molar-refractivity contribution < 1.29 is 14.6 Å². The lowest BCUT2D eigenvalue weighted by Gasteiger charge is -2.08. The van der Waals surface area contributed by atoms with Gasteiger partial charge in [0.15, 0.2) is 5.02 Å². The van der Waals surface area contributed by atoms with Crippen LogP contribution in [0.5, 0.6) is 0 Å². The second kappa shape index (κ2) is 7.00. The highest BCUT2D eigenvalue weighted by Crippen LogP contribution is 2.35. The molecule has 0 unspecified atom stereocenters. The van der Waals surface area contributed by atoms with Crippen LogP contribution in [-0.2, 0) is 0 Å². The van der Waals surface area contributed by atoms with Crippen molar-refractivity contribution in [2.75, 3.05) is 5.32 Å². The SMILES string of the molecule is O=C(Nc1cc(Cl)ccc1Cl)c1cc([N+](=O)[O-])c(Cl)c([N+](=O)[O-])c1. The van der Waals surface area contributed by atoms with Crippen molar-refractivity contribution in [1.29, 1.82) is 0 Å². The number of carbonyl (C=O) groups is 1. The minimum atomic E-state index is -0.918. The van der Waals surface area contributed by atoms with Crippen LogP contribution in [0.15, 0.2) is 30.3 Å². The number of halogens is 3. The standard InChI is InChI=1S/C13H6Cl3N3O5/c14-7-1-2-8(15)9(5-7)17-13(20)6-3-10(18(21)22)12(16)11(4-6)19(23)24/h1-5H,(H,17,20). The molecule has 24 heavy (non-hydrogen) atoms. The van der Waals surface area contributed by atoms with E-state index in [1.807, 2.05) is 0 Å². The van der Waals surface area contributed by atoms with Crippen molar-refractivity contribution >= 4 is 57.8 Å². The average Bonchev–Trinajstić information content (AvgIpc) is 2.50. The van der Waals surface area contributed by atoms with E-state index in [-0.39, 0.29) is 16.3 Å². The summed E-state index contributed by atoms with van der Waals surface area (Å²) in [5.74, 6) is -0.845. The molecule has 0 saturated heterocycles. The van der Waals surface area contributed by atoms with Gasteiger partial charge in [0, 0.05) is 17.2 Å². The summed E-state index contributed by atoms with van der Waals surface area (Å²) in [5, 5.41) is 24.1. The number of rotatable bonds is 4. The Morgan fingerprint density at radius 3 is 2.00 bits per heavy atom. The number of nitro benzene ring substituents is 2. The maximum absolute atomic E-state index is 12.2. The third-order valence-corrected chi connectivity index (χ3v) is 3.82. The van der Waals surface area contributed by atoms with Gasteiger partial charge >= 0.3 is 0 Å². The van der Waals surface area contributed by atoms with E-state index in [9.17, 15) is 25.0 Å². The highest BCUT2D eigenvalue weighted by atomic mass is 35.5. The fraction of sp³-hybridized carbons (Fsp3) is 0. The molecule has 0 heterocycles. The molecule has 0 aliphatic carbocycles. The summed E-state index contributed by atoms with van der Waals surface area (Å²) in [7, 11) is 0. The molecule has 2 rings (SSSR count). The molecule has 0 fully saturated rings. The molecular formula is C13H6Cl3N3O5. The molecule has 2 aromatic carbocycles. The summed E-state index contributed by atoms with van der Waals surface area (Å²) < 4.78 is 0. The van der Waals surface area contributed by atoms with E-state index in [4.69, 9.17) is 34.8 Å². The van der Waals surface area contributed by atoms with Gasteiger partial charge < -0.3 is 5.32 Å². The second-order valence-electron chi connectivity index (χ2n) is 4.42. The number of amides is 1.